The second kappa shape index (κ2) is 8.48. The van der Waals surface area contributed by atoms with Crippen molar-refractivity contribution in [3.8, 4) is 0 Å². The highest BCUT2D eigenvalue weighted by molar-refractivity contribution is 7.91. The summed E-state index contributed by atoms with van der Waals surface area (Å²) in [7, 11) is -3.59. The molecule has 8 heteroatoms. The van der Waals surface area contributed by atoms with Crippen LogP contribution in [0.25, 0.3) is 11.0 Å². The van der Waals surface area contributed by atoms with Crippen LogP contribution in [0.2, 0.25) is 0 Å². The minimum Gasteiger partial charge on any atom is -0.459 e. The summed E-state index contributed by atoms with van der Waals surface area (Å²) in [6, 6.07) is 14.7. The third kappa shape index (κ3) is 4.65. The maximum atomic E-state index is 12.3. The van der Waals surface area contributed by atoms with E-state index in [4.69, 9.17) is 9.15 Å². The first-order valence-electron chi connectivity index (χ1n) is 9.08. The van der Waals surface area contributed by atoms with Gasteiger partial charge in [-0.3, -0.25) is 4.79 Å². The van der Waals surface area contributed by atoms with Crippen molar-refractivity contribution in [1.29, 1.82) is 0 Å². The molecule has 0 bridgehead atoms. The molecule has 1 aromatic heterocycles. The number of fused-ring (bicyclic) bond motifs is 1. The maximum Gasteiger partial charge on any atom is 0.339 e. The van der Waals surface area contributed by atoms with Crippen molar-refractivity contribution < 1.29 is 27.2 Å². The first-order chi connectivity index (χ1) is 13.8. The molecule has 0 spiro atoms. The standard InChI is InChI=1S/C21H21NO6S/c1-3-29(25,26)19-11-7-5-9-16(19)21(24)27-13-20(23)22-14(2)18-12-15-8-4-6-10-17(15)28-18/h4-12,14H,3,13H2,1-2H3,(H,22,23)/t14-/m1/s1. The lowest BCUT2D eigenvalue weighted by atomic mass is 10.2. The largest absolute Gasteiger partial charge is 0.459 e. The van der Waals surface area contributed by atoms with Gasteiger partial charge in [-0.25, -0.2) is 13.2 Å². The van der Waals surface area contributed by atoms with E-state index in [2.05, 4.69) is 5.32 Å². The van der Waals surface area contributed by atoms with Gasteiger partial charge in [0.15, 0.2) is 16.4 Å². The van der Waals surface area contributed by atoms with E-state index >= 15 is 0 Å². The van der Waals surface area contributed by atoms with Crippen LogP contribution in [0.1, 0.15) is 36.0 Å². The lowest BCUT2D eigenvalue weighted by Crippen LogP contribution is -2.31. The predicted molar refractivity (Wildman–Crippen MR) is 107 cm³/mol. The minimum absolute atomic E-state index is 0.0903. The third-order valence-electron chi connectivity index (χ3n) is 4.41. The molecule has 0 saturated carbocycles. The molecule has 2 aromatic carbocycles. The number of benzene rings is 2. The number of sulfone groups is 1. The summed E-state index contributed by atoms with van der Waals surface area (Å²) in [5, 5.41) is 3.61. The smallest absolute Gasteiger partial charge is 0.339 e. The van der Waals surface area contributed by atoms with Crippen molar-refractivity contribution >= 4 is 32.7 Å². The van der Waals surface area contributed by atoms with E-state index in [9.17, 15) is 18.0 Å². The van der Waals surface area contributed by atoms with E-state index < -0.39 is 34.4 Å². The molecule has 3 rings (SSSR count). The number of hydrogen-bond acceptors (Lipinski definition) is 6. The Bertz CT molecular complexity index is 1120. The Balaban J connectivity index is 1.63. The number of nitrogens with one attached hydrogen (secondary N) is 1. The molecule has 7 nitrogen and oxygen atoms in total. The van der Waals surface area contributed by atoms with E-state index in [1.165, 1.54) is 31.2 Å². The quantitative estimate of drug-likeness (QED) is 0.594. The first kappa shape index (κ1) is 20.6. The van der Waals surface area contributed by atoms with Crippen LogP contribution in [0.3, 0.4) is 0 Å². The Morgan fingerprint density at radius 2 is 1.79 bits per heavy atom. The number of amides is 1. The van der Waals surface area contributed by atoms with Crippen molar-refractivity contribution in [2.45, 2.75) is 24.8 Å². The normalized spacial score (nSPS) is 12.5. The number of furan rings is 1. The average Bonchev–Trinajstić information content (AvgIpc) is 3.16. The van der Waals surface area contributed by atoms with E-state index in [-0.39, 0.29) is 16.2 Å². The average molecular weight is 415 g/mol. The molecule has 152 valence electrons. The Hall–Kier alpha value is -3.13. The number of rotatable bonds is 7. The second-order valence-electron chi connectivity index (χ2n) is 6.45. The molecule has 0 aliphatic rings. The minimum atomic E-state index is -3.59. The lowest BCUT2D eigenvalue weighted by molar-refractivity contribution is -0.125. The summed E-state index contributed by atoms with van der Waals surface area (Å²) in [6.07, 6.45) is 0. The molecular formula is C21H21NO6S. The lowest BCUT2D eigenvalue weighted by Gasteiger charge is -2.12. The van der Waals surface area contributed by atoms with Crippen molar-refractivity contribution in [3.05, 3.63) is 65.9 Å². The Kier molecular flexibility index (Phi) is 6.03. The van der Waals surface area contributed by atoms with Crippen molar-refractivity contribution in [1.82, 2.24) is 5.32 Å². The number of hydrogen-bond donors (Lipinski definition) is 1. The van der Waals surface area contributed by atoms with Gasteiger partial charge in [-0.15, -0.1) is 0 Å². The maximum absolute atomic E-state index is 12.3. The highest BCUT2D eigenvalue weighted by atomic mass is 32.2. The highest BCUT2D eigenvalue weighted by Crippen LogP contribution is 2.23. The van der Waals surface area contributed by atoms with Crippen LogP contribution in [0.15, 0.2) is 63.9 Å². The second-order valence-corrected chi connectivity index (χ2v) is 8.70. The Labute approximate surface area is 168 Å². The molecule has 0 fully saturated rings. The van der Waals surface area contributed by atoms with Gasteiger partial charge in [0.2, 0.25) is 0 Å². The summed E-state index contributed by atoms with van der Waals surface area (Å²) in [5.74, 6) is -0.969. The summed E-state index contributed by atoms with van der Waals surface area (Å²) in [4.78, 5) is 24.4. The van der Waals surface area contributed by atoms with E-state index in [1.807, 2.05) is 30.3 Å². The van der Waals surface area contributed by atoms with Crippen molar-refractivity contribution in [2.75, 3.05) is 12.4 Å². The zero-order chi connectivity index (χ0) is 21.0. The van der Waals surface area contributed by atoms with Gasteiger partial charge in [0.1, 0.15) is 11.3 Å². The molecule has 1 heterocycles. The fourth-order valence-electron chi connectivity index (χ4n) is 2.84. The van der Waals surface area contributed by atoms with Gasteiger partial charge in [0.25, 0.3) is 5.91 Å². The molecule has 0 unspecified atom stereocenters. The summed E-state index contributed by atoms with van der Waals surface area (Å²) < 4.78 is 35.0. The zero-order valence-corrected chi connectivity index (χ0v) is 16.9. The molecule has 0 aliphatic heterocycles. The van der Waals surface area contributed by atoms with Gasteiger partial charge in [-0.05, 0) is 31.2 Å². The molecule has 3 aromatic rings. The first-order valence-corrected chi connectivity index (χ1v) is 10.7. The van der Waals surface area contributed by atoms with Crippen LogP contribution in [-0.4, -0.2) is 32.7 Å². The van der Waals surface area contributed by atoms with Gasteiger partial charge in [0.05, 0.1) is 22.3 Å². The monoisotopic (exact) mass is 415 g/mol. The molecule has 1 N–H and O–H groups in total. The number of esters is 1. The fraction of sp³-hybridized carbons (Fsp3) is 0.238. The molecule has 1 atom stereocenters. The molecule has 0 radical (unpaired) electrons. The molecule has 0 aliphatic carbocycles. The van der Waals surface area contributed by atoms with Crippen LogP contribution >= 0.6 is 0 Å². The number of para-hydroxylation sites is 1. The molecule has 1 amide bonds. The van der Waals surface area contributed by atoms with Gasteiger partial charge in [-0.1, -0.05) is 37.3 Å². The van der Waals surface area contributed by atoms with Crippen LogP contribution in [0, 0.1) is 0 Å². The molecular weight excluding hydrogens is 394 g/mol. The molecule has 29 heavy (non-hydrogen) atoms. The SMILES string of the molecule is CCS(=O)(=O)c1ccccc1C(=O)OCC(=O)N[C@H](C)c1cc2ccccc2o1. The highest BCUT2D eigenvalue weighted by Gasteiger charge is 2.22. The van der Waals surface area contributed by atoms with Crippen LogP contribution in [-0.2, 0) is 19.4 Å². The Morgan fingerprint density at radius 3 is 2.52 bits per heavy atom. The van der Waals surface area contributed by atoms with Gasteiger partial charge < -0.3 is 14.5 Å². The summed E-state index contributed by atoms with van der Waals surface area (Å²) in [5.41, 5.74) is 0.622. The fourth-order valence-corrected chi connectivity index (χ4v) is 3.92. The van der Waals surface area contributed by atoms with E-state index in [0.29, 0.717) is 11.3 Å². The zero-order valence-electron chi connectivity index (χ0n) is 16.0. The third-order valence-corrected chi connectivity index (χ3v) is 6.19. The number of carbonyl (C=O) groups excluding carboxylic acids is 2. The Morgan fingerprint density at radius 1 is 1.10 bits per heavy atom. The van der Waals surface area contributed by atoms with Gasteiger partial charge >= 0.3 is 5.97 Å². The van der Waals surface area contributed by atoms with Gasteiger partial charge in [0, 0.05) is 5.39 Å². The van der Waals surface area contributed by atoms with E-state index in [1.54, 1.807) is 6.92 Å². The van der Waals surface area contributed by atoms with E-state index in [0.717, 1.165) is 5.39 Å². The van der Waals surface area contributed by atoms with Gasteiger partial charge in [-0.2, -0.15) is 0 Å². The van der Waals surface area contributed by atoms with Crippen LogP contribution < -0.4 is 5.32 Å². The van der Waals surface area contributed by atoms with Crippen LogP contribution in [0.4, 0.5) is 0 Å². The topological polar surface area (TPSA) is 103 Å². The van der Waals surface area contributed by atoms with Crippen molar-refractivity contribution in [3.63, 3.8) is 0 Å². The molecule has 0 saturated heterocycles. The van der Waals surface area contributed by atoms with Crippen LogP contribution in [0.5, 0.6) is 0 Å². The number of ether oxygens (including phenoxy) is 1. The predicted octanol–water partition coefficient (Wildman–Crippen LogP) is 3.26. The summed E-state index contributed by atoms with van der Waals surface area (Å²) in [6.45, 7) is 2.70. The number of carbonyl (C=O) groups is 2. The summed E-state index contributed by atoms with van der Waals surface area (Å²) >= 11 is 0. The van der Waals surface area contributed by atoms with Crippen molar-refractivity contribution in [2.24, 2.45) is 0 Å².